The van der Waals surface area contributed by atoms with Crippen molar-refractivity contribution in [1.82, 2.24) is 4.57 Å². The van der Waals surface area contributed by atoms with Crippen LogP contribution in [0.3, 0.4) is 0 Å². The zero-order valence-corrected chi connectivity index (χ0v) is 13.3. The van der Waals surface area contributed by atoms with Crippen LogP contribution in [0, 0.1) is 0 Å². The average Bonchev–Trinajstić information content (AvgIpc) is 2.96. The number of aromatic nitrogens is 1. The standard InChI is InChI=1S/C18H18N2O3/c1-20-10-9-12-5-4-6-14(17(12)20)18(21)19-15-8-7-13(22-2)11-16(15)23-3/h4-11H,1-3H3,(H,19,21). The van der Waals surface area contributed by atoms with Gasteiger partial charge in [-0.05, 0) is 24.3 Å². The number of amides is 1. The van der Waals surface area contributed by atoms with Gasteiger partial charge in [-0.3, -0.25) is 4.79 Å². The highest BCUT2D eigenvalue weighted by Crippen LogP contribution is 2.30. The maximum absolute atomic E-state index is 12.7. The molecule has 118 valence electrons. The van der Waals surface area contributed by atoms with Crippen LogP contribution in [0.2, 0.25) is 0 Å². The Bertz CT molecular complexity index is 868. The first-order valence-corrected chi connectivity index (χ1v) is 7.21. The number of anilines is 1. The minimum Gasteiger partial charge on any atom is -0.497 e. The molecule has 5 heteroatoms. The predicted octanol–water partition coefficient (Wildman–Crippen LogP) is 3.45. The van der Waals surface area contributed by atoms with Crippen LogP contribution in [0.5, 0.6) is 11.5 Å². The molecule has 2 aromatic carbocycles. The number of methoxy groups -OCH3 is 2. The summed E-state index contributed by atoms with van der Waals surface area (Å²) in [5, 5.41) is 3.93. The van der Waals surface area contributed by atoms with Crippen molar-refractivity contribution in [2.75, 3.05) is 19.5 Å². The Balaban J connectivity index is 1.97. The summed E-state index contributed by atoms with van der Waals surface area (Å²) in [6, 6.07) is 12.9. The van der Waals surface area contributed by atoms with E-state index < -0.39 is 0 Å². The van der Waals surface area contributed by atoms with Crippen LogP contribution in [0.15, 0.2) is 48.7 Å². The number of hydrogen-bond donors (Lipinski definition) is 1. The molecule has 0 atom stereocenters. The number of fused-ring (bicyclic) bond motifs is 1. The first-order valence-electron chi connectivity index (χ1n) is 7.21. The third-order valence-electron chi connectivity index (χ3n) is 3.80. The van der Waals surface area contributed by atoms with Gasteiger partial charge < -0.3 is 19.4 Å². The van der Waals surface area contributed by atoms with Gasteiger partial charge in [0.1, 0.15) is 11.5 Å². The summed E-state index contributed by atoms with van der Waals surface area (Å²) < 4.78 is 12.4. The second kappa shape index (κ2) is 6.04. The second-order valence-corrected chi connectivity index (χ2v) is 5.19. The molecular weight excluding hydrogens is 292 g/mol. The third-order valence-corrected chi connectivity index (χ3v) is 3.80. The SMILES string of the molecule is COc1ccc(NC(=O)c2cccc3ccn(C)c23)c(OC)c1. The summed E-state index contributed by atoms with van der Waals surface area (Å²) in [6.07, 6.45) is 1.94. The molecule has 5 nitrogen and oxygen atoms in total. The molecule has 23 heavy (non-hydrogen) atoms. The van der Waals surface area contributed by atoms with Crippen LogP contribution in [-0.2, 0) is 7.05 Å². The van der Waals surface area contributed by atoms with Crippen LogP contribution in [0.4, 0.5) is 5.69 Å². The number of aryl methyl sites for hydroxylation is 1. The van der Waals surface area contributed by atoms with Gasteiger partial charge >= 0.3 is 0 Å². The number of nitrogens with zero attached hydrogens (tertiary/aromatic N) is 1. The van der Waals surface area contributed by atoms with E-state index in [1.165, 1.54) is 0 Å². The van der Waals surface area contributed by atoms with Crippen molar-refractivity contribution in [3.63, 3.8) is 0 Å². The molecule has 1 amide bonds. The quantitative estimate of drug-likeness (QED) is 0.803. The first kappa shape index (κ1) is 15.0. The van der Waals surface area contributed by atoms with Gasteiger partial charge in [-0.1, -0.05) is 12.1 Å². The molecule has 0 unspecified atom stereocenters. The topological polar surface area (TPSA) is 52.5 Å². The Morgan fingerprint density at radius 3 is 2.65 bits per heavy atom. The molecule has 3 aromatic rings. The summed E-state index contributed by atoms with van der Waals surface area (Å²) in [4.78, 5) is 12.7. The number of benzene rings is 2. The fourth-order valence-corrected chi connectivity index (χ4v) is 2.63. The van der Waals surface area contributed by atoms with E-state index in [9.17, 15) is 4.79 Å². The van der Waals surface area contributed by atoms with Crippen LogP contribution in [-0.4, -0.2) is 24.7 Å². The van der Waals surface area contributed by atoms with Gasteiger partial charge in [0.05, 0.1) is 31.0 Å². The summed E-state index contributed by atoms with van der Waals surface area (Å²) in [7, 11) is 5.07. The third kappa shape index (κ3) is 2.73. The van der Waals surface area contributed by atoms with Crippen molar-refractivity contribution in [1.29, 1.82) is 0 Å². The molecule has 1 heterocycles. The van der Waals surface area contributed by atoms with E-state index in [1.807, 2.05) is 42.1 Å². The van der Waals surface area contributed by atoms with Crippen LogP contribution in [0.25, 0.3) is 10.9 Å². The maximum Gasteiger partial charge on any atom is 0.257 e. The van der Waals surface area contributed by atoms with Gasteiger partial charge in [0.25, 0.3) is 5.91 Å². The van der Waals surface area contributed by atoms with E-state index in [0.717, 1.165) is 10.9 Å². The molecule has 0 saturated carbocycles. The molecule has 1 N–H and O–H groups in total. The molecule has 0 aliphatic heterocycles. The fraction of sp³-hybridized carbons (Fsp3) is 0.167. The summed E-state index contributed by atoms with van der Waals surface area (Å²) in [5.74, 6) is 1.04. The van der Waals surface area contributed by atoms with Crippen molar-refractivity contribution in [2.24, 2.45) is 7.05 Å². The second-order valence-electron chi connectivity index (χ2n) is 5.19. The van der Waals surface area contributed by atoms with E-state index in [0.29, 0.717) is 22.7 Å². The normalized spacial score (nSPS) is 10.6. The highest BCUT2D eigenvalue weighted by molar-refractivity contribution is 6.12. The number of hydrogen-bond acceptors (Lipinski definition) is 3. The van der Waals surface area contributed by atoms with Gasteiger partial charge in [-0.2, -0.15) is 0 Å². The largest absolute Gasteiger partial charge is 0.497 e. The van der Waals surface area contributed by atoms with Crippen molar-refractivity contribution in [3.05, 3.63) is 54.2 Å². The van der Waals surface area contributed by atoms with Gasteiger partial charge in [-0.25, -0.2) is 0 Å². The minimum absolute atomic E-state index is 0.180. The number of rotatable bonds is 4. The Labute approximate surface area is 134 Å². The maximum atomic E-state index is 12.7. The predicted molar refractivity (Wildman–Crippen MR) is 90.4 cm³/mol. The number of carbonyl (C=O) groups excluding carboxylic acids is 1. The monoisotopic (exact) mass is 310 g/mol. The van der Waals surface area contributed by atoms with Gasteiger partial charge in [0.2, 0.25) is 0 Å². The zero-order chi connectivity index (χ0) is 16.4. The lowest BCUT2D eigenvalue weighted by Crippen LogP contribution is -2.14. The van der Waals surface area contributed by atoms with Crippen LogP contribution < -0.4 is 14.8 Å². The van der Waals surface area contributed by atoms with Crippen molar-refractivity contribution >= 4 is 22.5 Å². The lowest BCUT2D eigenvalue weighted by Gasteiger charge is -2.12. The Kier molecular flexibility index (Phi) is 3.93. The van der Waals surface area contributed by atoms with Crippen LogP contribution >= 0.6 is 0 Å². The lowest BCUT2D eigenvalue weighted by atomic mass is 10.1. The smallest absolute Gasteiger partial charge is 0.257 e. The number of nitrogens with one attached hydrogen (secondary N) is 1. The van der Waals surface area contributed by atoms with E-state index in [4.69, 9.17) is 9.47 Å². The highest BCUT2D eigenvalue weighted by atomic mass is 16.5. The molecule has 0 bridgehead atoms. The molecule has 3 rings (SSSR count). The molecule has 0 saturated heterocycles. The molecule has 0 aliphatic carbocycles. The Hall–Kier alpha value is -2.95. The van der Waals surface area contributed by atoms with Crippen molar-refractivity contribution in [3.8, 4) is 11.5 Å². The number of para-hydroxylation sites is 1. The van der Waals surface area contributed by atoms with Gasteiger partial charge in [0.15, 0.2) is 0 Å². The molecule has 0 aliphatic rings. The average molecular weight is 310 g/mol. The molecular formula is C18H18N2O3. The highest BCUT2D eigenvalue weighted by Gasteiger charge is 2.15. The van der Waals surface area contributed by atoms with E-state index in [2.05, 4.69) is 5.32 Å². The summed E-state index contributed by atoms with van der Waals surface area (Å²) in [5.41, 5.74) is 2.12. The summed E-state index contributed by atoms with van der Waals surface area (Å²) >= 11 is 0. The van der Waals surface area contributed by atoms with Crippen LogP contribution in [0.1, 0.15) is 10.4 Å². The Morgan fingerprint density at radius 2 is 1.91 bits per heavy atom. The molecule has 0 radical (unpaired) electrons. The minimum atomic E-state index is -0.180. The van der Waals surface area contributed by atoms with Crippen molar-refractivity contribution in [2.45, 2.75) is 0 Å². The lowest BCUT2D eigenvalue weighted by molar-refractivity contribution is 0.102. The molecule has 0 fully saturated rings. The zero-order valence-electron chi connectivity index (χ0n) is 13.3. The Morgan fingerprint density at radius 1 is 1.09 bits per heavy atom. The van der Waals surface area contributed by atoms with E-state index in [-0.39, 0.29) is 5.91 Å². The number of carbonyl (C=O) groups is 1. The number of ether oxygens (including phenoxy) is 2. The fourth-order valence-electron chi connectivity index (χ4n) is 2.63. The van der Waals surface area contributed by atoms with Gasteiger partial charge in [0, 0.05) is 24.7 Å². The van der Waals surface area contributed by atoms with E-state index >= 15 is 0 Å². The molecule has 1 aromatic heterocycles. The van der Waals surface area contributed by atoms with E-state index in [1.54, 1.807) is 32.4 Å². The molecule has 0 spiro atoms. The first-order chi connectivity index (χ1) is 11.1. The van der Waals surface area contributed by atoms with Gasteiger partial charge in [-0.15, -0.1) is 0 Å². The van der Waals surface area contributed by atoms with Crippen molar-refractivity contribution < 1.29 is 14.3 Å². The summed E-state index contributed by atoms with van der Waals surface area (Å²) in [6.45, 7) is 0.